The molecule has 0 saturated heterocycles. The van der Waals surface area contributed by atoms with Gasteiger partial charge in [-0.2, -0.15) is 5.06 Å². The second-order valence-corrected chi connectivity index (χ2v) is 14.3. The molecule has 0 aliphatic rings. The molecule has 2 aromatic carbocycles. The lowest BCUT2D eigenvalue weighted by atomic mass is 9.99. The van der Waals surface area contributed by atoms with Gasteiger partial charge in [0.2, 0.25) is 5.91 Å². The number of carboxylic acid groups (broad SMARTS) is 1. The maximum atomic E-state index is 13.6. The Hall–Kier alpha value is -4.57. The van der Waals surface area contributed by atoms with Gasteiger partial charge in [0, 0.05) is 13.0 Å². The fraction of sp³-hybridized carbons (Fsp3) is 0.564. The van der Waals surface area contributed by atoms with Crippen LogP contribution in [0.3, 0.4) is 0 Å². The van der Waals surface area contributed by atoms with E-state index in [1.54, 1.807) is 53.7 Å². The molecular weight excluding hydrogens is 702 g/mol. The first-order valence-corrected chi connectivity index (χ1v) is 18.0. The minimum absolute atomic E-state index is 0.0112. The molecule has 0 spiro atoms. The quantitative estimate of drug-likeness (QED) is 0.0751. The van der Waals surface area contributed by atoms with Gasteiger partial charge in [0.25, 0.3) is 0 Å². The first-order valence-electron chi connectivity index (χ1n) is 18.0. The largest absolute Gasteiger partial charge is 0.463 e. The maximum Gasteiger partial charge on any atom is 0.431 e. The van der Waals surface area contributed by atoms with Crippen LogP contribution in [0.5, 0.6) is 0 Å². The number of nitrogens with one attached hydrogen (secondary N) is 2. The number of ketones is 1. The third-order valence-corrected chi connectivity index (χ3v) is 7.30. The molecule has 54 heavy (non-hydrogen) atoms. The van der Waals surface area contributed by atoms with Gasteiger partial charge in [0.15, 0.2) is 5.78 Å². The predicted octanol–water partition coefficient (Wildman–Crippen LogP) is 4.85. The highest BCUT2D eigenvalue weighted by molar-refractivity contribution is 5.94. The zero-order valence-electron chi connectivity index (χ0n) is 32.3. The van der Waals surface area contributed by atoms with E-state index in [0.29, 0.717) is 26.2 Å². The molecular formula is C39H57N3O12. The summed E-state index contributed by atoms with van der Waals surface area (Å²) < 4.78 is 27.2. The van der Waals surface area contributed by atoms with Crippen molar-refractivity contribution in [1.82, 2.24) is 15.7 Å². The molecule has 0 radical (unpaired) electrons. The Morgan fingerprint density at radius 3 is 1.78 bits per heavy atom. The molecule has 0 bridgehead atoms. The van der Waals surface area contributed by atoms with Crippen molar-refractivity contribution >= 4 is 29.8 Å². The first-order chi connectivity index (χ1) is 25.5. The van der Waals surface area contributed by atoms with Crippen LogP contribution in [-0.4, -0.2) is 109 Å². The van der Waals surface area contributed by atoms with Crippen molar-refractivity contribution in [2.24, 2.45) is 0 Å². The van der Waals surface area contributed by atoms with E-state index in [4.69, 9.17) is 28.5 Å². The van der Waals surface area contributed by atoms with Crippen molar-refractivity contribution < 1.29 is 57.6 Å². The summed E-state index contributed by atoms with van der Waals surface area (Å²) in [5, 5.41) is 15.3. The second kappa shape index (κ2) is 24.0. The molecule has 15 nitrogen and oxygen atoms in total. The van der Waals surface area contributed by atoms with Gasteiger partial charge >= 0.3 is 18.2 Å². The van der Waals surface area contributed by atoms with Crippen LogP contribution in [0.1, 0.15) is 71.9 Å². The van der Waals surface area contributed by atoms with Gasteiger partial charge in [-0.25, -0.2) is 9.59 Å². The van der Waals surface area contributed by atoms with Crippen LogP contribution in [0, 0.1) is 0 Å². The molecule has 2 aromatic rings. The van der Waals surface area contributed by atoms with Crippen molar-refractivity contribution in [2.75, 3.05) is 46.2 Å². The summed E-state index contributed by atoms with van der Waals surface area (Å²) in [6.07, 6.45) is -1.87. The highest BCUT2D eigenvalue weighted by atomic mass is 16.7. The number of amides is 3. The zero-order valence-corrected chi connectivity index (χ0v) is 32.3. The van der Waals surface area contributed by atoms with E-state index >= 15 is 0 Å². The van der Waals surface area contributed by atoms with Gasteiger partial charge in [-0.1, -0.05) is 60.7 Å². The molecule has 3 amide bonds. The fourth-order valence-corrected chi connectivity index (χ4v) is 4.78. The van der Waals surface area contributed by atoms with E-state index in [1.165, 1.54) is 0 Å². The van der Waals surface area contributed by atoms with E-state index in [1.807, 2.05) is 48.5 Å². The monoisotopic (exact) mass is 759 g/mol. The van der Waals surface area contributed by atoms with Gasteiger partial charge in [0.1, 0.15) is 18.2 Å². The number of alkyl carbamates (subject to hydrolysis) is 1. The number of carbonyl (C=O) groups excluding carboxylic acids is 4. The molecule has 0 unspecified atom stereocenters. The molecule has 0 fully saturated rings. The number of rotatable bonds is 24. The third-order valence-electron chi connectivity index (χ3n) is 7.30. The van der Waals surface area contributed by atoms with Crippen molar-refractivity contribution in [1.29, 1.82) is 0 Å². The highest BCUT2D eigenvalue weighted by Crippen LogP contribution is 2.14. The van der Waals surface area contributed by atoms with Crippen LogP contribution in [0.2, 0.25) is 0 Å². The van der Waals surface area contributed by atoms with Crippen molar-refractivity contribution in [3.63, 3.8) is 0 Å². The summed E-state index contributed by atoms with van der Waals surface area (Å²) in [4.78, 5) is 69.1. The van der Waals surface area contributed by atoms with Crippen molar-refractivity contribution in [2.45, 2.75) is 97.1 Å². The number of esters is 1. The molecule has 15 heteroatoms. The van der Waals surface area contributed by atoms with E-state index in [-0.39, 0.29) is 51.7 Å². The average Bonchev–Trinajstić information content (AvgIpc) is 3.09. The Morgan fingerprint density at radius 2 is 1.24 bits per heavy atom. The summed E-state index contributed by atoms with van der Waals surface area (Å²) in [6, 6.07) is 15.9. The SMILES string of the molecule is CC(C)(C)OC(=O)N[C@@H](CC(=O)OCc1ccccc1)C(=O)N[C@@H](Cc1ccccc1)C(=O)CCCOCCOCCOCCON(C(=O)O)C(C)(C)C. The predicted molar refractivity (Wildman–Crippen MR) is 198 cm³/mol. The molecule has 3 N–H and O–H groups in total. The van der Waals surface area contributed by atoms with E-state index in [2.05, 4.69) is 10.6 Å². The van der Waals surface area contributed by atoms with Crippen LogP contribution < -0.4 is 10.6 Å². The summed E-state index contributed by atoms with van der Waals surface area (Å²) in [5.74, 6) is -1.70. The minimum atomic E-state index is -1.37. The van der Waals surface area contributed by atoms with Gasteiger partial charge in [0.05, 0.1) is 57.6 Å². The van der Waals surface area contributed by atoms with Crippen LogP contribution >= 0.6 is 0 Å². The summed E-state index contributed by atoms with van der Waals surface area (Å²) in [7, 11) is 0. The minimum Gasteiger partial charge on any atom is -0.463 e. The first kappa shape index (κ1) is 45.6. The van der Waals surface area contributed by atoms with Crippen LogP contribution in [0.15, 0.2) is 60.7 Å². The number of ether oxygens (including phenoxy) is 5. The van der Waals surface area contributed by atoms with E-state index in [9.17, 15) is 29.1 Å². The van der Waals surface area contributed by atoms with E-state index in [0.717, 1.165) is 16.2 Å². The molecule has 0 saturated carbocycles. The summed E-state index contributed by atoms with van der Waals surface area (Å²) in [5.41, 5.74) is 0.0146. The summed E-state index contributed by atoms with van der Waals surface area (Å²) in [6.45, 7) is 11.9. The average molecular weight is 760 g/mol. The number of benzene rings is 2. The Morgan fingerprint density at radius 1 is 0.704 bits per heavy atom. The fourth-order valence-electron chi connectivity index (χ4n) is 4.78. The van der Waals surface area contributed by atoms with Gasteiger partial charge in [-0.15, -0.1) is 0 Å². The number of nitrogens with zero attached hydrogens (tertiary/aromatic N) is 1. The smallest absolute Gasteiger partial charge is 0.431 e. The Kier molecular flexibility index (Phi) is 20.2. The van der Waals surface area contributed by atoms with Crippen LogP contribution in [0.4, 0.5) is 9.59 Å². The lowest BCUT2D eigenvalue weighted by molar-refractivity contribution is -0.187. The number of carbonyl (C=O) groups is 5. The van der Waals surface area contributed by atoms with Gasteiger partial charge < -0.3 is 39.4 Å². The zero-order chi connectivity index (χ0) is 40.0. The van der Waals surface area contributed by atoms with Gasteiger partial charge in [-0.05, 0) is 65.5 Å². The van der Waals surface area contributed by atoms with E-state index < -0.39 is 53.7 Å². The molecule has 2 atom stereocenters. The van der Waals surface area contributed by atoms with Crippen molar-refractivity contribution in [3.8, 4) is 0 Å². The molecule has 0 aromatic heterocycles. The Bertz CT molecular complexity index is 1430. The third kappa shape index (κ3) is 20.0. The Balaban J connectivity index is 1.85. The second-order valence-electron chi connectivity index (χ2n) is 14.3. The standard InChI is InChI=1S/C39H57N3O12/c1-38(2,3)42(37(47)48)53-25-24-51-23-22-50-21-20-49-19-13-18-33(43)31(26-29-14-9-7-10-15-29)40-35(45)32(41-36(46)54-39(4,5)6)27-34(44)52-28-30-16-11-8-12-17-30/h7-12,14-17,31-32H,13,18-28H2,1-6H3,(H,40,45)(H,41,46)(H,47,48)/t31-,32-/m0/s1. The van der Waals surface area contributed by atoms with Crippen molar-refractivity contribution in [3.05, 3.63) is 71.8 Å². The van der Waals surface area contributed by atoms with Gasteiger partial charge in [-0.3, -0.25) is 19.2 Å². The topological polar surface area (TPSA) is 188 Å². The molecule has 2 rings (SSSR count). The highest BCUT2D eigenvalue weighted by Gasteiger charge is 2.31. The summed E-state index contributed by atoms with van der Waals surface area (Å²) >= 11 is 0. The lowest BCUT2D eigenvalue weighted by Crippen LogP contribution is -2.53. The lowest BCUT2D eigenvalue weighted by Gasteiger charge is -2.31. The van der Waals surface area contributed by atoms with Crippen LogP contribution in [0.25, 0.3) is 0 Å². The number of hydrogen-bond acceptors (Lipinski definition) is 11. The molecule has 300 valence electrons. The maximum absolute atomic E-state index is 13.6. The van der Waals surface area contributed by atoms with Crippen LogP contribution in [-0.2, 0) is 55.9 Å². The number of Topliss-reactive ketones (excluding diaryl/α,β-unsaturated/α-hetero) is 1. The molecule has 0 heterocycles. The number of hydrogen-bond donors (Lipinski definition) is 3. The molecule has 0 aliphatic carbocycles. The normalized spacial score (nSPS) is 12.6. The molecule has 0 aliphatic heterocycles. The number of hydroxylamine groups is 2. The Labute approximate surface area is 317 Å².